The maximum atomic E-state index is 10.8. The summed E-state index contributed by atoms with van der Waals surface area (Å²) in [4.78, 5) is 10.8. The van der Waals surface area contributed by atoms with E-state index in [1.807, 2.05) is 25.1 Å². The van der Waals surface area contributed by atoms with Gasteiger partial charge >= 0.3 is 5.97 Å². The topological polar surface area (TPSA) is 57.5 Å². The zero-order valence-electron chi connectivity index (χ0n) is 11.7. The molecule has 0 fully saturated rings. The smallest absolute Gasteiger partial charge is 0.306 e. The number of carbonyl (C=O) groups is 1. The van der Waals surface area contributed by atoms with Gasteiger partial charge in [0.1, 0.15) is 0 Å². The highest BCUT2D eigenvalue weighted by molar-refractivity contribution is 5.68. The van der Waals surface area contributed by atoms with E-state index in [1.165, 1.54) is 5.56 Å². The molecule has 3 heteroatoms. The third kappa shape index (κ3) is 3.33. The van der Waals surface area contributed by atoms with Crippen LogP contribution in [0.4, 0.5) is 0 Å². The van der Waals surface area contributed by atoms with Crippen LogP contribution in [0.25, 0.3) is 0 Å². The minimum absolute atomic E-state index is 0.0436. The van der Waals surface area contributed by atoms with Crippen molar-refractivity contribution in [3.8, 4) is 0 Å². The quantitative estimate of drug-likeness (QED) is 0.867. The summed E-state index contributed by atoms with van der Waals surface area (Å²) in [5.41, 5.74) is 1.50. The Bertz CT molecular complexity index is 453. The number of hydrogen-bond acceptors (Lipinski definition) is 2. The van der Waals surface area contributed by atoms with Crippen LogP contribution in [0.2, 0.25) is 0 Å². The molecule has 18 heavy (non-hydrogen) atoms. The van der Waals surface area contributed by atoms with Gasteiger partial charge in [-0.1, -0.05) is 39.0 Å². The van der Waals surface area contributed by atoms with Gasteiger partial charge in [-0.25, -0.2) is 0 Å². The lowest BCUT2D eigenvalue weighted by Crippen LogP contribution is -2.26. The summed E-state index contributed by atoms with van der Waals surface area (Å²) >= 11 is 0. The molecular weight excluding hydrogens is 228 g/mol. The third-order valence-corrected chi connectivity index (χ3v) is 3.17. The molecule has 0 saturated heterocycles. The molecule has 2 N–H and O–H groups in total. The number of carboxylic acid groups (broad SMARTS) is 1. The van der Waals surface area contributed by atoms with Crippen molar-refractivity contribution in [2.24, 2.45) is 0 Å². The summed E-state index contributed by atoms with van der Waals surface area (Å²) in [5.74, 6) is -1.00. The molecule has 0 aliphatic rings. The van der Waals surface area contributed by atoms with Crippen LogP contribution in [-0.2, 0) is 15.8 Å². The molecule has 1 aromatic carbocycles. The largest absolute Gasteiger partial charge is 0.481 e. The van der Waals surface area contributed by atoms with Gasteiger partial charge in [-0.2, -0.15) is 0 Å². The number of hydrogen-bond donors (Lipinski definition) is 2. The highest BCUT2D eigenvalue weighted by Gasteiger charge is 2.28. The normalized spacial score (nSPS) is 15.2. The minimum Gasteiger partial charge on any atom is -0.481 e. The second kappa shape index (κ2) is 4.73. The molecular formula is C15H22O3. The van der Waals surface area contributed by atoms with Crippen molar-refractivity contribution >= 4 is 5.97 Å². The van der Waals surface area contributed by atoms with Crippen LogP contribution >= 0.6 is 0 Å². The first kappa shape index (κ1) is 14.7. The number of aliphatic carboxylic acids is 1. The summed E-state index contributed by atoms with van der Waals surface area (Å²) < 4.78 is 0. The summed E-state index contributed by atoms with van der Waals surface area (Å²) in [7, 11) is 0. The van der Waals surface area contributed by atoms with Gasteiger partial charge in [0, 0.05) is 0 Å². The number of aryl methyl sites for hydroxylation is 1. The monoisotopic (exact) mass is 250 g/mol. The van der Waals surface area contributed by atoms with Gasteiger partial charge in [-0.3, -0.25) is 4.79 Å². The maximum Gasteiger partial charge on any atom is 0.306 e. The zero-order valence-corrected chi connectivity index (χ0v) is 11.7. The predicted octanol–water partition coefficient (Wildman–Crippen LogP) is 2.97. The van der Waals surface area contributed by atoms with E-state index in [2.05, 4.69) is 20.8 Å². The van der Waals surface area contributed by atoms with Crippen LogP contribution in [0.1, 0.15) is 50.8 Å². The molecule has 0 saturated carbocycles. The Kier molecular flexibility index (Phi) is 3.86. The molecule has 0 amide bonds. The Labute approximate surface area is 108 Å². The van der Waals surface area contributed by atoms with E-state index in [1.54, 1.807) is 6.92 Å². The van der Waals surface area contributed by atoms with E-state index in [9.17, 15) is 9.90 Å². The van der Waals surface area contributed by atoms with Crippen molar-refractivity contribution in [2.45, 2.75) is 52.1 Å². The van der Waals surface area contributed by atoms with Crippen molar-refractivity contribution in [1.29, 1.82) is 0 Å². The maximum absolute atomic E-state index is 10.8. The van der Waals surface area contributed by atoms with E-state index in [0.717, 1.165) is 5.56 Å². The molecule has 0 bridgehead atoms. The molecule has 0 aliphatic carbocycles. The van der Waals surface area contributed by atoms with Crippen LogP contribution in [0.3, 0.4) is 0 Å². The molecule has 1 aromatic rings. The Balaban J connectivity index is 3.17. The van der Waals surface area contributed by atoms with Crippen LogP contribution in [-0.4, -0.2) is 16.2 Å². The Hall–Kier alpha value is -1.35. The molecule has 100 valence electrons. The lowest BCUT2D eigenvalue weighted by molar-refractivity contribution is -0.142. The average Bonchev–Trinajstić information content (AvgIpc) is 2.13. The lowest BCUT2D eigenvalue weighted by Gasteiger charge is -2.26. The molecule has 1 unspecified atom stereocenters. The van der Waals surface area contributed by atoms with Gasteiger partial charge in [0.2, 0.25) is 0 Å². The van der Waals surface area contributed by atoms with Crippen LogP contribution < -0.4 is 0 Å². The summed E-state index contributed by atoms with van der Waals surface area (Å²) in [6, 6.07) is 5.81. The average molecular weight is 250 g/mol. The Morgan fingerprint density at radius 1 is 1.22 bits per heavy atom. The third-order valence-electron chi connectivity index (χ3n) is 3.17. The van der Waals surface area contributed by atoms with Crippen LogP contribution in [0, 0.1) is 6.92 Å². The van der Waals surface area contributed by atoms with Crippen LogP contribution in [0.5, 0.6) is 0 Å². The molecule has 0 aliphatic heterocycles. The molecule has 0 radical (unpaired) electrons. The second-order valence-corrected chi connectivity index (χ2v) is 6.12. The first-order chi connectivity index (χ1) is 8.04. The summed E-state index contributed by atoms with van der Waals surface area (Å²) in [5, 5.41) is 19.1. The van der Waals surface area contributed by atoms with Crippen molar-refractivity contribution in [3.05, 3.63) is 34.9 Å². The van der Waals surface area contributed by atoms with Gasteiger partial charge in [-0.15, -0.1) is 0 Å². The van der Waals surface area contributed by atoms with E-state index < -0.39 is 11.6 Å². The van der Waals surface area contributed by atoms with E-state index in [4.69, 9.17) is 5.11 Å². The van der Waals surface area contributed by atoms with Crippen molar-refractivity contribution in [1.82, 2.24) is 0 Å². The Morgan fingerprint density at radius 2 is 1.78 bits per heavy atom. The molecule has 1 rings (SSSR count). The van der Waals surface area contributed by atoms with Gasteiger partial charge in [-0.05, 0) is 36.0 Å². The van der Waals surface area contributed by atoms with Gasteiger partial charge < -0.3 is 10.2 Å². The SMILES string of the molecule is Cc1cc(C(C)(C)C)ccc1C(C)(O)CC(=O)O. The first-order valence-corrected chi connectivity index (χ1v) is 6.10. The number of carboxylic acids is 1. The van der Waals surface area contributed by atoms with Crippen molar-refractivity contribution < 1.29 is 15.0 Å². The predicted molar refractivity (Wildman–Crippen MR) is 71.7 cm³/mol. The van der Waals surface area contributed by atoms with E-state index >= 15 is 0 Å². The summed E-state index contributed by atoms with van der Waals surface area (Å²) in [6.07, 6.45) is -0.289. The second-order valence-electron chi connectivity index (χ2n) is 6.12. The molecule has 0 heterocycles. The Morgan fingerprint density at radius 3 is 2.17 bits per heavy atom. The number of aliphatic hydroxyl groups is 1. The van der Waals surface area contributed by atoms with E-state index in [0.29, 0.717) is 5.56 Å². The fraction of sp³-hybridized carbons (Fsp3) is 0.533. The van der Waals surface area contributed by atoms with E-state index in [-0.39, 0.29) is 11.8 Å². The van der Waals surface area contributed by atoms with Crippen molar-refractivity contribution in [2.75, 3.05) is 0 Å². The number of rotatable bonds is 3. The van der Waals surface area contributed by atoms with Gasteiger partial charge in [0.15, 0.2) is 0 Å². The van der Waals surface area contributed by atoms with Gasteiger partial charge in [0.05, 0.1) is 12.0 Å². The molecule has 0 aromatic heterocycles. The summed E-state index contributed by atoms with van der Waals surface area (Å²) in [6.45, 7) is 9.81. The highest BCUT2D eigenvalue weighted by atomic mass is 16.4. The fourth-order valence-electron chi connectivity index (χ4n) is 2.12. The fourth-order valence-corrected chi connectivity index (χ4v) is 2.12. The van der Waals surface area contributed by atoms with Crippen molar-refractivity contribution in [3.63, 3.8) is 0 Å². The minimum atomic E-state index is -1.33. The number of benzene rings is 1. The first-order valence-electron chi connectivity index (χ1n) is 6.10. The standard InChI is InChI=1S/C15H22O3/c1-10-8-11(14(2,3)4)6-7-12(10)15(5,18)9-13(16)17/h6-8,18H,9H2,1-5H3,(H,16,17). The van der Waals surface area contributed by atoms with Crippen LogP contribution in [0.15, 0.2) is 18.2 Å². The molecule has 0 spiro atoms. The zero-order chi connectivity index (χ0) is 14.1. The molecule has 1 atom stereocenters. The van der Waals surface area contributed by atoms with Gasteiger partial charge in [0.25, 0.3) is 0 Å². The lowest BCUT2D eigenvalue weighted by atomic mass is 9.82. The molecule has 3 nitrogen and oxygen atoms in total. The highest BCUT2D eigenvalue weighted by Crippen LogP contribution is 2.31.